The first-order chi connectivity index (χ1) is 15.1. The van der Waals surface area contributed by atoms with Gasteiger partial charge in [0.15, 0.2) is 0 Å². The van der Waals surface area contributed by atoms with Crippen molar-refractivity contribution in [1.82, 2.24) is 14.5 Å². The minimum absolute atomic E-state index is 0.0801. The highest BCUT2D eigenvalue weighted by Gasteiger charge is 2.25. The second-order valence-electron chi connectivity index (χ2n) is 6.50. The van der Waals surface area contributed by atoms with Crippen molar-refractivity contribution < 1.29 is 18.3 Å². The fraction of sp³-hybridized carbons (Fsp3) is 0.0526. The van der Waals surface area contributed by atoms with E-state index in [-0.39, 0.29) is 37.2 Å². The number of nitrogens with zero attached hydrogens (tertiary/aromatic N) is 3. The van der Waals surface area contributed by atoms with Crippen molar-refractivity contribution in [2.45, 2.75) is 4.90 Å². The van der Waals surface area contributed by atoms with Gasteiger partial charge in [-0.1, -0.05) is 17.7 Å². The van der Waals surface area contributed by atoms with Crippen LogP contribution in [0.25, 0.3) is 15.9 Å². The Kier molecular flexibility index (Phi) is 5.36. The number of aromatic nitrogens is 3. The van der Waals surface area contributed by atoms with Gasteiger partial charge in [-0.3, -0.25) is 14.1 Å². The first-order valence-electron chi connectivity index (χ1n) is 8.82. The summed E-state index contributed by atoms with van der Waals surface area (Å²) in [4.78, 5) is 43.5. The summed E-state index contributed by atoms with van der Waals surface area (Å²) >= 11 is 7.10. The number of fused-ring (bicyclic) bond motifs is 1. The van der Waals surface area contributed by atoms with E-state index in [1.54, 1.807) is 12.1 Å². The number of anilines is 1. The van der Waals surface area contributed by atoms with Crippen molar-refractivity contribution in [3.63, 3.8) is 0 Å². The molecule has 3 aromatic heterocycles. The monoisotopic (exact) mass is 492 g/mol. The largest absolute Gasteiger partial charge is 0.478 e. The van der Waals surface area contributed by atoms with Gasteiger partial charge in [-0.2, -0.15) is 0 Å². The number of rotatable bonds is 5. The van der Waals surface area contributed by atoms with E-state index >= 15 is 0 Å². The van der Waals surface area contributed by atoms with Crippen LogP contribution in [0.2, 0.25) is 5.02 Å². The molecule has 0 amide bonds. The molecule has 0 bridgehead atoms. The maximum absolute atomic E-state index is 13.1. The molecular formula is C19H13ClN4O6S2. The van der Waals surface area contributed by atoms with Gasteiger partial charge in [-0.25, -0.2) is 27.6 Å². The summed E-state index contributed by atoms with van der Waals surface area (Å²) in [5.74, 6) is -1.18. The Bertz CT molecular complexity index is 1590. The van der Waals surface area contributed by atoms with Crippen molar-refractivity contribution in [1.29, 1.82) is 0 Å². The highest BCUT2D eigenvalue weighted by molar-refractivity contribution is 7.92. The minimum Gasteiger partial charge on any atom is -0.478 e. The molecule has 164 valence electrons. The molecule has 0 atom stereocenters. The summed E-state index contributed by atoms with van der Waals surface area (Å²) in [5.41, 5.74) is -2.32. The van der Waals surface area contributed by atoms with E-state index < -0.39 is 27.2 Å². The Hall–Kier alpha value is -3.48. The van der Waals surface area contributed by atoms with E-state index in [0.717, 1.165) is 21.7 Å². The molecule has 0 aliphatic carbocycles. The number of benzene rings is 1. The third-order valence-electron chi connectivity index (χ3n) is 4.65. The van der Waals surface area contributed by atoms with Gasteiger partial charge >= 0.3 is 11.7 Å². The second-order valence-corrected chi connectivity index (χ2v) is 9.76. The number of halogens is 1. The lowest BCUT2D eigenvalue weighted by molar-refractivity contribution is 0.0699. The smallest absolute Gasteiger partial charge is 0.337 e. The Morgan fingerprint density at radius 2 is 2.00 bits per heavy atom. The zero-order valence-electron chi connectivity index (χ0n) is 16.1. The van der Waals surface area contributed by atoms with E-state index in [2.05, 4.69) is 9.97 Å². The molecule has 0 spiro atoms. The molecule has 0 radical (unpaired) electrons. The number of hydrogen-bond acceptors (Lipinski definition) is 7. The van der Waals surface area contributed by atoms with Crippen LogP contribution >= 0.6 is 22.9 Å². The molecule has 4 rings (SSSR count). The number of aromatic carboxylic acids is 1. The molecule has 3 heterocycles. The zero-order chi connectivity index (χ0) is 23.2. The number of aromatic amines is 1. The third-order valence-corrected chi connectivity index (χ3v) is 7.62. The molecule has 0 aliphatic heterocycles. The van der Waals surface area contributed by atoms with E-state index in [4.69, 9.17) is 11.6 Å². The topological polar surface area (TPSA) is 142 Å². The molecule has 0 fully saturated rings. The average Bonchev–Trinajstić information content (AvgIpc) is 3.19. The lowest BCUT2D eigenvalue weighted by Gasteiger charge is -2.19. The van der Waals surface area contributed by atoms with Crippen LogP contribution in [0.1, 0.15) is 10.4 Å². The molecule has 4 aromatic rings. The molecule has 2 N–H and O–H groups in total. The average molecular weight is 493 g/mol. The van der Waals surface area contributed by atoms with Gasteiger partial charge in [-0.15, -0.1) is 11.3 Å². The Morgan fingerprint density at radius 3 is 2.66 bits per heavy atom. The highest BCUT2D eigenvalue weighted by atomic mass is 35.5. The summed E-state index contributed by atoms with van der Waals surface area (Å²) in [5, 5.41) is 10.3. The minimum atomic E-state index is -4.13. The molecule has 0 aliphatic rings. The maximum atomic E-state index is 13.1. The molecular weight excluding hydrogens is 480 g/mol. The SMILES string of the molecule is CN(c1ccccn1)S(=O)(=O)c1ccc(Cl)c(-n2c(=O)[nH]c3scc(C(=O)O)c3c2=O)c1. The van der Waals surface area contributed by atoms with E-state index in [9.17, 15) is 27.9 Å². The molecule has 1 aromatic carbocycles. The molecule has 0 saturated carbocycles. The number of carbonyl (C=O) groups is 1. The second kappa shape index (κ2) is 7.89. The van der Waals surface area contributed by atoms with Crippen LogP contribution in [0.4, 0.5) is 5.82 Å². The van der Waals surface area contributed by atoms with Gasteiger partial charge in [0.1, 0.15) is 10.6 Å². The number of hydrogen-bond donors (Lipinski definition) is 2. The molecule has 13 heteroatoms. The number of H-pyrrole nitrogens is 1. The van der Waals surface area contributed by atoms with Crippen LogP contribution in [0, 0.1) is 0 Å². The summed E-state index contributed by atoms with van der Waals surface area (Å²) in [6, 6.07) is 8.29. The summed E-state index contributed by atoms with van der Waals surface area (Å²) in [6.07, 6.45) is 1.43. The van der Waals surface area contributed by atoms with Gasteiger partial charge in [0.25, 0.3) is 15.6 Å². The predicted molar refractivity (Wildman–Crippen MR) is 120 cm³/mol. The van der Waals surface area contributed by atoms with Crippen molar-refractivity contribution >= 4 is 55.0 Å². The first kappa shape index (κ1) is 21.7. The first-order valence-corrected chi connectivity index (χ1v) is 11.5. The number of nitrogens with one attached hydrogen (secondary N) is 1. The van der Waals surface area contributed by atoms with E-state index in [1.165, 1.54) is 36.8 Å². The van der Waals surface area contributed by atoms with Crippen molar-refractivity contribution in [3.8, 4) is 5.69 Å². The summed E-state index contributed by atoms with van der Waals surface area (Å²) in [6.45, 7) is 0. The van der Waals surface area contributed by atoms with Crippen LogP contribution < -0.4 is 15.6 Å². The fourth-order valence-electron chi connectivity index (χ4n) is 3.04. The number of carboxylic acid groups (broad SMARTS) is 1. The Morgan fingerprint density at radius 1 is 1.25 bits per heavy atom. The van der Waals surface area contributed by atoms with E-state index in [1.807, 2.05) is 0 Å². The molecule has 32 heavy (non-hydrogen) atoms. The van der Waals surface area contributed by atoms with Crippen molar-refractivity contribution in [2.24, 2.45) is 0 Å². The lowest BCUT2D eigenvalue weighted by Crippen LogP contribution is -2.34. The molecule has 0 unspecified atom stereocenters. The van der Waals surface area contributed by atoms with Crippen LogP contribution in [0.3, 0.4) is 0 Å². The molecule has 0 saturated heterocycles. The van der Waals surface area contributed by atoms with Crippen LogP contribution in [-0.4, -0.2) is 41.1 Å². The quantitative estimate of drug-likeness (QED) is 0.435. The van der Waals surface area contributed by atoms with Crippen LogP contribution in [0.5, 0.6) is 0 Å². The standard InChI is InChI=1S/C19H13ClN4O6S2/c1-23(14-4-2-3-7-21-14)32(29,30)10-5-6-12(20)13(8-10)24-17(25)15-11(18(26)27)9-31-16(15)22-19(24)28/h2-9H,1H3,(H,22,28)(H,26,27). The fourth-order valence-corrected chi connectivity index (χ4v) is 5.33. The van der Waals surface area contributed by atoms with Crippen molar-refractivity contribution in [2.75, 3.05) is 11.4 Å². The molecule has 10 nitrogen and oxygen atoms in total. The number of sulfonamides is 1. The van der Waals surface area contributed by atoms with Gasteiger partial charge < -0.3 is 5.11 Å². The number of thiophene rings is 1. The van der Waals surface area contributed by atoms with Crippen molar-refractivity contribution in [3.05, 3.63) is 79.4 Å². The highest BCUT2D eigenvalue weighted by Crippen LogP contribution is 2.27. The summed E-state index contributed by atoms with van der Waals surface area (Å²) in [7, 11) is -2.82. The number of pyridine rings is 1. The predicted octanol–water partition coefficient (Wildman–Crippen LogP) is 2.31. The van der Waals surface area contributed by atoms with Gasteiger partial charge in [0.05, 0.1) is 26.6 Å². The Labute approximate surface area is 189 Å². The van der Waals surface area contributed by atoms with E-state index in [0.29, 0.717) is 4.57 Å². The van der Waals surface area contributed by atoms with Crippen LogP contribution in [0.15, 0.2) is 62.5 Å². The summed E-state index contributed by atoms with van der Waals surface area (Å²) < 4.78 is 27.8. The maximum Gasteiger partial charge on any atom is 0.337 e. The zero-order valence-corrected chi connectivity index (χ0v) is 18.5. The van der Waals surface area contributed by atoms with Crippen LogP contribution in [-0.2, 0) is 10.0 Å². The van der Waals surface area contributed by atoms with Gasteiger partial charge in [-0.05, 0) is 30.3 Å². The lowest BCUT2D eigenvalue weighted by atomic mass is 10.2. The Balaban J connectivity index is 1.94. The normalized spacial score (nSPS) is 11.6. The number of carboxylic acids is 1. The van der Waals surface area contributed by atoms with Gasteiger partial charge in [0, 0.05) is 18.6 Å². The third kappa shape index (κ3) is 3.47. The van der Waals surface area contributed by atoms with Gasteiger partial charge in [0.2, 0.25) is 0 Å².